The molecule has 0 amide bonds. The summed E-state index contributed by atoms with van der Waals surface area (Å²) in [5.74, 6) is 0. The van der Waals surface area contributed by atoms with Crippen molar-refractivity contribution < 1.29 is 8.42 Å². The van der Waals surface area contributed by atoms with Crippen LogP contribution in [0.15, 0.2) is 6.07 Å². The molecule has 1 aromatic heterocycles. The minimum Gasteiger partial charge on any atom is -0.311 e. The predicted octanol–water partition coefficient (Wildman–Crippen LogP) is 2.45. The molecule has 1 rings (SSSR count). The average molecular weight is 275 g/mol. The molecule has 0 aliphatic heterocycles. The molecule has 1 heterocycles. The van der Waals surface area contributed by atoms with Crippen molar-refractivity contribution in [3.63, 3.8) is 0 Å². The van der Waals surface area contributed by atoms with Crippen LogP contribution in [0.4, 0.5) is 0 Å². The van der Waals surface area contributed by atoms with E-state index < -0.39 is 14.6 Å². The molecule has 1 unspecified atom stereocenters. The predicted molar refractivity (Wildman–Crippen MR) is 74.5 cm³/mol. The highest BCUT2D eigenvalue weighted by Gasteiger charge is 2.40. The van der Waals surface area contributed by atoms with Crippen LogP contribution < -0.4 is 5.32 Å². The van der Waals surface area contributed by atoms with Crippen LogP contribution in [0.5, 0.6) is 0 Å². The zero-order valence-corrected chi connectivity index (χ0v) is 12.9. The van der Waals surface area contributed by atoms with E-state index in [1.54, 1.807) is 25.2 Å². The second-order valence-electron chi connectivity index (χ2n) is 5.00. The van der Waals surface area contributed by atoms with E-state index in [4.69, 9.17) is 0 Å². The lowest BCUT2D eigenvalue weighted by atomic mass is 9.99. The molecular formula is C12H21NO2S2. The third kappa shape index (κ3) is 2.72. The van der Waals surface area contributed by atoms with Crippen LogP contribution in [0.1, 0.15) is 35.2 Å². The van der Waals surface area contributed by atoms with E-state index in [1.807, 2.05) is 20.9 Å². The number of sulfone groups is 1. The Hall–Kier alpha value is -0.390. The number of hydrogen-bond acceptors (Lipinski definition) is 4. The summed E-state index contributed by atoms with van der Waals surface area (Å²) in [4.78, 5) is 2.32. The molecule has 1 atom stereocenters. The molecule has 0 saturated heterocycles. The maximum absolute atomic E-state index is 11.9. The molecule has 0 aliphatic rings. The smallest absolute Gasteiger partial charge is 0.154 e. The Bertz CT molecular complexity index is 501. The van der Waals surface area contributed by atoms with Crippen LogP contribution in [0.2, 0.25) is 0 Å². The van der Waals surface area contributed by atoms with Gasteiger partial charge in [-0.25, -0.2) is 8.42 Å². The fraction of sp³-hybridized carbons (Fsp3) is 0.667. The molecule has 0 bridgehead atoms. The van der Waals surface area contributed by atoms with Crippen molar-refractivity contribution in [1.29, 1.82) is 0 Å². The Morgan fingerprint density at radius 3 is 2.18 bits per heavy atom. The van der Waals surface area contributed by atoms with Gasteiger partial charge in [-0.15, -0.1) is 11.3 Å². The Labute approximate surface area is 108 Å². The van der Waals surface area contributed by atoms with Crippen molar-refractivity contribution >= 4 is 21.2 Å². The number of thiophene rings is 1. The molecular weight excluding hydrogens is 254 g/mol. The summed E-state index contributed by atoms with van der Waals surface area (Å²) in [6.07, 6.45) is 1.30. The van der Waals surface area contributed by atoms with Gasteiger partial charge < -0.3 is 5.32 Å². The van der Waals surface area contributed by atoms with E-state index in [1.165, 1.54) is 11.1 Å². The van der Waals surface area contributed by atoms with Gasteiger partial charge in [0.05, 0.1) is 10.8 Å². The summed E-state index contributed by atoms with van der Waals surface area (Å²) in [7, 11) is -1.31. The average Bonchev–Trinajstić information content (AvgIpc) is 2.44. The number of nitrogens with one attached hydrogen (secondary N) is 1. The van der Waals surface area contributed by atoms with Gasteiger partial charge in [0.2, 0.25) is 0 Å². The van der Waals surface area contributed by atoms with Crippen LogP contribution >= 0.6 is 11.3 Å². The lowest BCUT2D eigenvalue weighted by Gasteiger charge is -2.32. The fourth-order valence-corrected chi connectivity index (χ4v) is 4.03. The largest absolute Gasteiger partial charge is 0.311 e. The maximum atomic E-state index is 11.9. The standard InChI is InChI=1S/C12H21NO2S2/c1-8-7-9(2)16-10(8)11(13-5)12(3,4)17(6,14)15/h7,11,13H,1-6H3. The summed E-state index contributed by atoms with van der Waals surface area (Å²) in [5, 5.41) is 3.15. The van der Waals surface area contributed by atoms with Gasteiger partial charge in [-0.05, 0) is 46.4 Å². The summed E-state index contributed by atoms with van der Waals surface area (Å²) in [6.45, 7) is 7.62. The normalized spacial score (nSPS) is 14.9. The van der Waals surface area contributed by atoms with Crippen LogP contribution in [0, 0.1) is 13.8 Å². The van der Waals surface area contributed by atoms with Gasteiger partial charge in [0.15, 0.2) is 9.84 Å². The monoisotopic (exact) mass is 275 g/mol. The van der Waals surface area contributed by atoms with E-state index in [9.17, 15) is 8.42 Å². The van der Waals surface area contributed by atoms with E-state index in [-0.39, 0.29) is 6.04 Å². The van der Waals surface area contributed by atoms with Gasteiger partial charge >= 0.3 is 0 Å². The molecule has 1 N–H and O–H groups in total. The molecule has 0 saturated carbocycles. The third-order valence-corrected chi connectivity index (χ3v) is 6.65. The molecule has 98 valence electrons. The topological polar surface area (TPSA) is 46.2 Å². The van der Waals surface area contributed by atoms with Crippen molar-refractivity contribution in [2.24, 2.45) is 0 Å². The molecule has 0 radical (unpaired) electrons. The number of aryl methyl sites for hydroxylation is 2. The molecule has 5 heteroatoms. The Kier molecular flexibility index (Phi) is 4.06. The number of rotatable bonds is 4. The van der Waals surface area contributed by atoms with E-state index >= 15 is 0 Å². The maximum Gasteiger partial charge on any atom is 0.154 e. The Morgan fingerprint density at radius 1 is 1.35 bits per heavy atom. The lowest BCUT2D eigenvalue weighted by molar-refractivity contribution is 0.450. The van der Waals surface area contributed by atoms with Crippen molar-refractivity contribution in [3.8, 4) is 0 Å². The highest BCUT2D eigenvalue weighted by molar-refractivity contribution is 7.92. The highest BCUT2D eigenvalue weighted by atomic mass is 32.2. The van der Waals surface area contributed by atoms with Crippen LogP contribution in [-0.4, -0.2) is 26.5 Å². The molecule has 0 aliphatic carbocycles. The van der Waals surface area contributed by atoms with Gasteiger partial charge in [0.25, 0.3) is 0 Å². The molecule has 17 heavy (non-hydrogen) atoms. The minimum absolute atomic E-state index is 0.170. The van der Waals surface area contributed by atoms with Gasteiger partial charge in [0, 0.05) is 16.0 Å². The van der Waals surface area contributed by atoms with Crippen molar-refractivity contribution in [2.45, 2.75) is 38.5 Å². The van der Waals surface area contributed by atoms with Gasteiger partial charge in [-0.2, -0.15) is 0 Å². The first-order valence-corrected chi connectivity index (χ1v) is 8.26. The van der Waals surface area contributed by atoms with Crippen molar-refractivity contribution in [3.05, 3.63) is 21.4 Å². The molecule has 3 nitrogen and oxygen atoms in total. The molecule has 1 aromatic rings. The molecule has 0 fully saturated rings. The fourth-order valence-electron chi connectivity index (χ4n) is 1.95. The third-order valence-electron chi connectivity index (χ3n) is 3.28. The quantitative estimate of drug-likeness (QED) is 0.918. The van der Waals surface area contributed by atoms with E-state index in [0.29, 0.717) is 0 Å². The summed E-state index contributed by atoms with van der Waals surface area (Å²) >= 11 is 1.66. The SMILES string of the molecule is CNC(c1sc(C)cc1C)C(C)(C)S(C)(=O)=O. The van der Waals surface area contributed by atoms with Crippen LogP contribution in [0.25, 0.3) is 0 Å². The second-order valence-corrected chi connectivity index (χ2v) is 8.89. The first-order valence-electron chi connectivity index (χ1n) is 5.55. The van der Waals surface area contributed by atoms with E-state index in [2.05, 4.69) is 11.4 Å². The Balaban J connectivity index is 3.30. The first-order chi connectivity index (χ1) is 7.61. The van der Waals surface area contributed by atoms with Crippen LogP contribution in [-0.2, 0) is 9.84 Å². The summed E-state index contributed by atoms with van der Waals surface area (Å²) in [5.41, 5.74) is 1.16. The van der Waals surface area contributed by atoms with Crippen molar-refractivity contribution in [1.82, 2.24) is 5.32 Å². The first kappa shape index (κ1) is 14.7. The zero-order chi connectivity index (χ0) is 13.4. The second kappa shape index (κ2) is 4.71. The van der Waals surface area contributed by atoms with Crippen LogP contribution in [0.3, 0.4) is 0 Å². The lowest BCUT2D eigenvalue weighted by Crippen LogP contribution is -2.43. The summed E-state index contributed by atoms with van der Waals surface area (Å²) in [6, 6.07) is 1.93. The minimum atomic E-state index is -3.13. The van der Waals surface area contributed by atoms with E-state index in [0.717, 1.165) is 10.4 Å². The molecule has 0 aromatic carbocycles. The van der Waals surface area contributed by atoms with Crippen molar-refractivity contribution in [2.75, 3.05) is 13.3 Å². The summed E-state index contributed by atoms with van der Waals surface area (Å²) < 4.78 is 23.0. The van der Waals surface area contributed by atoms with Gasteiger partial charge in [-0.3, -0.25) is 0 Å². The zero-order valence-electron chi connectivity index (χ0n) is 11.3. The van der Waals surface area contributed by atoms with Gasteiger partial charge in [0.1, 0.15) is 0 Å². The Morgan fingerprint density at radius 2 is 1.88 bits per heavy atom. The van der Waals surface area contributed by atoms with Gasteiger partial charge in [-0.1, -0.05) is 0 Å². The highest BCUT2D eigenvalue weighted by Crippen LogP contribution is 2.37. The molecule has 0 spiro atoms. The number of hydrogen-bond donors (Lipinski definition) is 1.